The molecule has 2 unspecified atom stereocenters. The Morgan fingerprint density at radius 1 is 1.64 bits per heavy atom. The first-order valence-electron chi connectivity index (χ1n) is 4.54. The molecule has 1 fully saturated rings. The summed E-state index contributed by atoms with van der Waals surface area (Å²) in [5, 5.41) is 11.5. The van der Waals surface area contributed by atoms with Crippen LogP contribution in [0.4, 0.5) is 8.78 Å². The highest BCUT2D eigenvalue weighted by Crippen LogP contribution is 2.63. The predicted molar refractivity (Wildman–Crippen MR) is 51.6 cm³/mol. The zero-order valence-corrected chi connectivity index (χ0v) is 8.65. The zero-order chi connectivity index (χ0) is 10.4. The maximum atomic E-state index is 12.9. The Hall–Kier alpha value is -0.480. The fourth-order valence-electron chi connectivity index (χ4n) is 1.68. The first-order valence-corrected chi connectivity index (χ1v) is 5.42. The van der Waals surface area contributed by atoms with Gasteiger partial charge in [0, 0.05) is 16.7 Å². The molecule has 0 amide bonds. The molecule has 2 atom stereocenters. The minimum atomic E-state index is -2.58. The van der Waals surface area contributed by atoms with E-state index in [0.717, 1.165) is 4.88 Å². The Kier molecular flexibility index (Phi) is 2.16. The third-order valence-electron chi connectivity index (χ3n) is 2.89. The van der Waals surface area contributed by atoms with Gasteiger partial charge in [0.25, 0.3) is 5.92 Å². The van der Waals surface area contributed by atoms with Crippen molar-refractivity contribution in [2.24, 2.45) is 5.41 Å². The van der Waals surface area contributed by atoms with Crippen molar-refractivity contribution in [3.63, 3.8) is 0 Å². The number of rotatable bonds is 3. The van der Waals surface area contributed by atoms with Crippen LogP contribution in [0.2, 0.25) is 0 Å². The molecule has 1 aliphatic carbocycles. The summed E-state index contributed by atoms with van der Waals surface area (Å²) in [4.78, 5) is 0.772. The van der Waals surface area contributed by atoms with Crippen LogP contribution in [0.3, 0.4) is 0 Å². The van der Waals surface area contributed by atoms with Gasteiger partial charge in [-0.1, -0.05) is 13.0 Å². The average molecular weight is 218 g/mol. The van der Waals surface area contributed by atoms with E-state index in [1.54, 1.807) is 6.07 Å². The lowest BCUT2D eigenvalue weighted by Gasteiger charge is -2.14. The maximum Gasteiger partial charge on any atom is 0.254 e. The summed E-state index contributed by atoms with van der Waals surface area (Å²) < 4.78 is 25.7. The Labute approximate surface area is 85.4 Å². The van der Waals surface area contributed by atoms with Gasteiger partial charge in [-0.05, 0) is 17.9 Å². The monoisotopic (exact) mass is 218 g/mol. The molecule has 0 radical (unpaired) electrons. The lowest BCUT2D eigenvalue weighted by molar-refractivity contribution is 0.0426. The standard InChI is InChI=1S/C10H12F2OS/c1-9(6-10(9,11)12)5-7(13)8-3-2-4-14-8/h2-4,7,13H,5-6H2,1H3. The molecule has 4 heteroatoms. The number of thiophene rings is 1. The van der Waals surface area contributed by atoms with E-state index in [9.17, 15) is 13.9 Å². The third-order valence-corrected chi connectivity index (χ3v) is 3.86. The van der Waals surface area contributed by atoms with Crippen molar-refractivity contribution < 1.29 is 13.9 Å². The van der Waals surface area contributed by atoms with Crippen molar-refractivity contribution in [1.82, 2.24) is 0 Å². The van der Waals surface area contributed by atoms with Gasteiger partial charge in [0.2, 0.25) is 0 Å². The van der Waals surface area contributed by atoms with E-state index < -0.39 is 17.4 Å². The molecule has 0 bridgehead atoms. The van der Waals surface area contributed by atoms with Crippen molar-refractivity contribution in [3.05, 3.63) is 22.4 Å². The van der Waals surface area contributed by atoms with E-state index in [1.165, 1.54) is 18.3 Å². The molecule has 0 aromatic carbocycles. The van der Waals surface area contributed by atoms with E-state index in [1.807, 2.05) is 11.4 Å². The number of aliphatic hydroxyl groups excluding tert-OH is 1. The van der Waals surface area contributed by atoms with E-state index in [4.69, 9.17) is 0 Å². The van der Waals surface area contributed by atoms with Gasteiger partial charge in [-0.25, -0.2) is 8.78 Å². The molecule has 1 aliphatic rings. The number of halogens is 2. The van der Waals surface area contributed by atoms with Gasteiger partial charge < -0.3 is 5.11 Å². The summed E-state index contributed by atoms with van der Waals surface area (Å²) in [5.41, 5.74) is -0.990. The zero-order valence-electron chi connectivity index (χ0n) is 7.84. The maximum absolute atomic E-state index is 12.9. The number of hydrogen-bond donors (Lipinski definition) is 1. The molecule has 0 aliphatic heterocycles. The molecule has 1 heterocycles. The number of hydrogen-bond acceptors (Lipinski definition) is 2. The Morgan fingerprint density at radius 2 is 2.29 bits per heavy atom. The van der Waals surface area contributed by atoms with Crippen LogP contribution in [0.5, 0.6) is 0 Å². The lowest BCUT2D eigenvalue weighted by Crippen LogP contribution is -2.11. The molecule has 78 valence electrons. The second-order valence-electron chi connectivity index (χ2n) is 4.18. The van der Waals surface area contributed by atoms with E-state index in [0.29, 0.717) is 0 Å². The van der Waals surface area contributed by atoms with Gasteiger partial charge in [0.05, 0.1) is 6.10 Å². The third kappa shape index (κ3) is 1.57. The van der Waals surface area contributed by atoms with Gasteiger partial charge in [-0.3, -0.25) is 0 Å². The fraction of sp³-hybridized carbons (Fsp3) is 0.600. The first kappa shape index (κ1) is 10.1. The minimum Gasteiger partial charge on any atom is -0.388 e. The molecule has 0 spiro atoms. The van der Waals surface area contributed by atoms with Crippen LogP contribution in [0.15, 0.2) is 17.5 Å². The van der Waals surface area contributed by atoms with Crippen molar-refractivity contribution in [3.8, 4) is 0 Å². The molecule has 0 saturated heterocycles. The smallest absolute Gasteiger partial charge is 0.254 e. The van der Waals surface area contributed by atoms with Crippen LogP contribution in [0.25, 0.3) is 0 Å². The van der Waals surface area contributed by atoms with Crippen molar-refractivity contribution in [2.45, 2.75) is 31.8 Å². The van der Waals surface area contributed by atoms with Crippen LogP contribution in [0.1, 0.15) is 30.7 Å². The quantitative estimate of drug-likeness (QED) is 0.825. The highest BCUT2D eigenvalue weighted by atomic mass is 32.1. The summed E-state index contributed by atoms with van der Waals surface area (Å²) in [6, 6.07) is 3.59. The van der Waals surface area contributed by atoms with Crippen LogP contribution < -0.4 is 0 Å². The van der Waals surface area contributed by atoms with Gasteiger partial charge in [0.1, 0.15) is 0 Å². The first-order chi connectivity index (χ1) is 6.45. The summed E-state index contributed by atoms with van der Waals surface area (Å²) in [6.45, 7) is 1.53. The second-order valence-corrected chi connectivity index (χ2v) is 5.16. The van der Waals surface area contributed by atoms with Crippen LogP contribution in [0, 0.1) is 5.41 Å². The molecule has 1 aromatic rings. The second kappa shape index (κ2) is 3.00. The molecule has 1 saturated carbocycles. The fourth-order valence-corrected chi connectivity index (χ4v) is 2.39. The predicted octanol–water partition coefficient (Wildman–Crippen LogP) is 3.22. The Bertz CT molecular complexity index is 323. The van der Waals surface area contributed by atoms with Crippen molar-refractivity contribution in [1.29, 1.82) is 0 Å². The van der Waals surface area contributed by atoms with Crippen LogP contribution in [-0.4, -0.2) is 11.0 Å². The van der Waals surface area contributed by atoms with Gasteiger partial charge in [-0.2, -0.15) is 0 Å². The normalized spacial score (nSPS) is 31.4. The molecular weight excluding hydrogens is 206 g/mol. The van der Waals surface area contributed by atoms with E-state index in [-0.39, 0.29) is 12.8 Å². The summed E-state index contributed by atoms with van der Waals surface area (Å²) in [6.07, 6.45) is -0.684. The molecule has 1 aromatic heterocycles. The summed E-state index contributed by atoms with van der Waals surface area (Å²) >= 11 is 1.40. The molecule has 1 N–H and O–H groups in total. The topological polar surface area (TPSA) is 20.2 Å². The van der Waals surface area contributed by atoms with Gasteiger partial charge >= 0.3 is 0 Å². The average Bonchev–Trinajstić information content (AvgIpc) is 2.55. The summed E-state index contributed by atoms with van der Waals surface area (Å²) in [5.74, 6) is -2.58. The van der Waals surface area contributed by atoms with E-state index >= 15 is 0 Å². The Balaban J connectivity index is 2.00. The SMILES string of the molecule is CC1(CC(O)c2cccs2)CC1(F)F. The van der Waals surface area contributed by atoms with Crippen LogP contribution >= 0.6 is 11.3 Å². The highest BCUT2D eigenvalue weighted by molar-refractivity contribution is 7.10. The Morgan fingerprint density at radius 3 is 2.71 bits per heavy atom. The molecule has 14 heavy (non-hydrogen) atoms. The number of alkyl halides is 2. The van der Waals surface area contributed by atoms with E-state index in [2.05, 4.69) is 0 Å². The lowest BCUT2D eigenvalue weighted by atomic mass is 9.99. The molecular formula is C10H12F2OS. The largest absolute Gasteiger partial charge is 0.388 e. The summed E-state index contributed by atoms with van der Waals surface area (Å²) in [7, 11) is 0. The van der Waals surface area contributed by atoms with Gasteiger partial charge in [-0.15, -0.1) is 11.3 Å². The minimum absolute atomic E-state index is 0.0948. The molecule has 2 rings (SSSR count). The highest BCUT2D eigenvalue weighted by Gasteiger charge is 2.67. The van der Waals surface area contributed by atoms with Gasteiger partial charge in [0.15, 0.2) is 0 Å². The van der Waals surface area contributed by atoms with Crippen molar-refractivity contribution in [2.75, 3.05) is 0 Å². The molecule has 1 nitrogen and oxygen atoms in total. The van der Waals surface area contributed by atoms with Crippen LogP contribution in [-0.2, 0) is 0 Å². The number of aliphatic hydroxyl groups is 1. The van der Waals surface area contributed by atoms with Crippen molar-refractivity contribution >= 4 is 11.3 Å².